The highest BCUT2D eigenvalue weighted by Crippen LogP contribution is 2.19. The molecular weight excluding hydrogens is 337 g/mol. The molecule has 0 aromatic heterocycles. The molecule has 0 saturated carbocycles. The van der Waals surface area contributed by atoms with Crippen molar-refractivity contribution in [2.24, 2.45) is 0 Å². The minimum Gasteiger partial charge on any atom is -0.452 e. The first kappa shape index (κ1) is 17.3. The molecule has 0 aliphatic heterocycles. The summed E-state index contributed by atoms with van der Waals surface area (Å²) in [5.41, 5.74) is 1.21. The number of likely N-dealkylation sites (N-methyl/N-ethyl adjacent to an activating group) is 1. The Kier molecular flexibility index (Phi) is 6.02. The molecule has 0 radical (unpaired) electrons. The molecule has 4 nitrogen and oxygen atoms in total. The number of hydrogen-bond acceptors (Lipinski definition) is 3. The molecule has 0 saturated heterocycles. The number of esters is 1. The summed E-state index contributed by atoms with van der Waals surface area (Å²) >= 11 is 11.7. The molecule has 0 N–H and O–H groups in total. The summed E-state index contributed by atoms with van der Waals surface area (Å²) in [6, 6.07) is 13.9. The Morgan fingerprint density at radius 3 is 2.26 bits per heavy atom. The van der Waals surface area contributed by atoms with Crippen molar-refractivity contribution in [1.82, 2.24) is 4.90 Å². The summed E-state index contributed by atoms with van der Waals surface area (Å²) in [7, 11) is 1.65. The van der Waals surface area contributed by atoms with Crippen LogP contribution in [0.4, 0.5) is 0 Å². The zero-order chi connectivity index (χ0) is 16.8. The van der Waals surface area contributed by atoms with Crippen LogP contribution < -0.4 is 0 Å². The largest absolute Gasteiger partial charge is 0.452 e. The van der Waals surface area contributed by atoms with Gasteiger partial charge in [0, 0.05) is 23.6 Å². The van der Waals surface area contributed by atoms with Gasteiger partial charge in [0.2, 0.25) is 0 Å². The van der Waals surface area contributed by atoms with Crippen molar-refractivity contribution >= 4 is 35.1 Å². The third-order valence-corrected chi connectivity index (χ3v) is 3.55. The van der Waals surface area contributed by atoms with E-state index in [1.54, 1.807) is 7.05 Å². The average Bonchev–Trinajstić information content (AvgIpc) is 2.52. The normalized spacial score (nSPS) is 10.2. The highest BCUT2D eigenvalue weighted by atomic mass is 35.5. The number of halogens is 2. The minimum atomic E-state index is -0.643. The van der Waals surface area contributed by atoms with Gasteiger partial charge in [0.25, 0.3) is 5.91 Å². The van der Waals surface area contributed by atoms with Crippen LogP contribution in [0.1, 0.15) is 15.9 Å². The Morgan fingerprint density at radius 1 is 1.04 bits per heavy atom. The van der Waals surface area contributed by atoms with Crippen LogP contribution in [0.3, 0.4) is 0 Å². The van der Waals surface area contributed by atoms with Gasteiger partial charge in [-0.3, -0.25) is 4.79 Å². The van der Waals surface area contributed by atoms with Gasteiger partial charge in [-0.15, -0.1) is 0 Å². The summed E-state index contributed by atoms with van der Waals surface area (Å²) in [6.07, 6.45) is 0. The predicted octanol–water partition coefficient (Wildman–Crippen LogP) is 3.81. The molecule has 120 valence electrons. The Hall–Kier alpha value is -2.04. The molecule has 0 heterocycles. The van der Waals surface area contributed by atoms with Crippen molar-refractivity contribution < 1.29 is 14.3 Å². The van der Waals surface area contributed by atoms with Gasteiger partial charge in [-0.05, 0) is 23.8 Å². The maximum Gasteiger partial charge on any atom is 0.338 e. The number of benzene rings is 2. The van der Waals surface area contributed by atoms with Crippen molar-refractivity contribution in [3.8, 4) is 0 Å². The number of amides is 1. The second-order valence-corrected chi connectivity index (χ2v) is 5.84. The van der Waals surface area contributed by atoms with Crippen LogP contribution in [-0.2, 0) is 16.1 Å². The second kappa shape index (κ2) is 7.99. The lowest BCUT2D eigenvalue weighted by atomic mass is 10.2. The molecule has 23 heavy (non-hydrogen) atoms. The highest BCUT2D eigenvalue weighted by Gasteiger charge is 2.14. The molecule has 0 aliphatic carbocycles. The Balaban J connectivity index is 1.89. The Morgan fingerprint density at radius 2 is 1.65 bits per heavy atom. The zero-order valence-electron chi connectivity index (χ0n) is 12.5. The maximum atomic E-state index is 12.0. The predicted molar refractivity (Wildman–Crippen MR) is 89.7 cm³/mol. The number of ether oxygens (including phenoxy) is 1. The van der Waals surface area contributed by atoms with Gasteiger partial charge in [0.1, 0.15) is 0 Å². The van der Waals surface area contributed by atoms with E-state index in [-0.39, 0.29) is 18.1 Å². The van der Waals surface area contributed by atoms with Gasteiger partial charge in [-0.2, -0.15) is 0 Å². The van der Waals surface area contributed by atoms with E-state index in [0.717, 1.165) is 5.56 Å². The Labute approximate surface area is 144 Å². The molecule has 2 rings (SSSR count). The summed E-state index contributed by atoms with van der Waals surface area (Å²) in [4.78, 5) is 25.4. The van der Waals surface area contributed by atoms with Crippen molar-refractivity contribution in [2.75, 3.05) is 13.7 Å². The van der Waals surface area contributed by atoms with Crippen LogP contribution in [-0.4, -0.2) is 30.4 Å². The molecule has 0 aliphatic rings. The van der Waals surface area contributed by atoms with Crippen LogP contribution in [0.5, 0.6) is 0 Å². The van der Waals surface area contributed by atoms with Gasteiger partial charge in [0.05, 0.1) is 5.56 Å². The van der Waals surface area contributed by atoms with Crippen molar-refractivity contribution in [2.45, 2.75) is 6.54 Å². The van der Waals surface area contributed by atoms with Gasteiger partial charge < -0.3 is 9.64 Å². The quantitative estimate of drug-likeness (QED) is 0.769. The number of hydrogen-bond donors (Lipinski definition) is 0. The van der Waals surface area contributed by atoms with E-state index in [0.29, 0.717) is 16.6 Å². The van der Waals surface area contributed by atoms with Crippen molar-refractivity contribution in [3.63, 3.8) is 0 Å². The van der Waals surface area contributed by atoms with Crippen LogP contribution in [0.2, 0.25) is 10.0 Å². The fourth-order valence-electron chi connectivity index (χ4n) is 1.94. The fraction of sp³-hybridized carbons (Fsp3) is 0.176. The lowest BCUT2D eigenvalue weighted by molar-refractivity contribution is -0.133. The Bertz CT molecular complexity index is 684. The third-order valence-electron chi connectivity index (χ3n) is 3.11. The minimum absolute atomic E-state index is 0.209. The molecule has 6 heteroatoms. The van der Waals surface area contributed by atoms with E-state index in [2.05, 4.69) is 0 Å². The van der Waals surface area contributed by atoms with Gasteiger partial charge in [-0.1, -0.05) is 53.5 Å². The fourth-order valence-corrected chi connectivity index (χ4v) is 2.46. The lowest BCUT2D eigenvalue weighted by Gasteiger charge is -2.17. The van der Waals surface area contributed by atoms with Crippen LogP contribution in [0, 0.1) is 0 Å². The first-order valence-corrected chi connectivity index (χ1v) is 7.62. The first-order valence-electron chi connectivity index (χ1n) is 6.87. The van der Waals surface area contributed by atoms with Crippen LogP contribution in [0.15, 0.2) is 48.5 Å². The molecule has 2 aromatic rings. The van der Waals surface area contributed by atoms with E-state index in [4.69, 9.17) is 27.9 Å². The van der Waals surface area contributed by atoms with Gasteiger partial charge >= 0.3 is 5.97 Å². The standard InChI is InChI=1S/C17H15Cl2NO3/c1-20(10-12-5-3-2-4-6-12)16(21)11-23-17(22)13-7-14(18)9-15(19)8-13/h2-9H,10-11H2,1H3. The molecule has 0 unspecified atom stereocenters. The zero-order valence-corrected chi connectivity index (χ0v) is 14.0. The topological polar surface area (TPSA) is 46.6 Å². The number of carbonyl (C=O) groups excluding carboxylic acids is 2. The molecule has 0 spiro atoms. The molecule has 2 aromatic carbocycles. The van der Waals surface area contributed by atoms with E-state index in [1.807, 2.05) is 30.3 Å². The number of carbonyl (C=O) groups is 2. The monoisotopic (exact) mass is 351 g/mol. The third kappa shape index (κ3) is 5.27. The van der Waals surface area contributed by atoms with Gasteiger partial charge in [-0.25, -0.2) is 4.79 Å². The second-order valence-electron chi connectivity index (χ2n) is 4.97. The first-order chi connectivity index (χ1) is 11.0. The molecule has 1 amide bonds. The highest BCUT2D eigenvalue weighted by molar-refractivity contribution is 6.35. The number of rotatable bonds is 5. The molecule has 0 bridgehead atoms. The van der Waals surface area contributed by atoms with E-state index < -0.39 is 5.97 Å². The smallest absolute Gasteiger partial charge is 0.338 e. The molecule has 0 fully saturated rings. The average molecular weight is 352 g/mol. The van der Waals surface area contributed by atoms with Crippen LogP contribution in [0.25, 0.3) is 0 Å². The van der Waals surface area contributed by atoms with Gasteiger partial charge in [0.15, 0.2) is 6.61 Å². The molecular formula is C17H15Cl2NO3. The summed E-state index contributed by atoms with van der Waals surface area (Å²) in [5.74, 6) is -0.939. The summed E-state index contributed by atoms with van der Waals surface area (Å²) < 4.78 is 5.01. The van der Waals surface area contributed by atoms with Crippen molar-refractivity contribution in [3.05, 3.63) is 69.7 Å². The summed E-state index contributed by atoms with van der Waals surface area (Å²) in [6.45, 7) is 0.104. The van der Waals surface area contributed by atoms with E-state index in [9.17, 15) is 9.59 Å². The maximum absolute atomic E-state index is 12.0. The van der Waals surface area contributed by atoms with Crippen molar-refractivity contribution in [1.29, 1.82) is 0 Å². The lowest BCUT2D eigenvalue weighted by Crippen LogP contribution is -2.30. The molecule has 0 atom stereocenters. The summed E-state index contributed by atoms with van der Waals surface area (Å²) in [5, 5.41) is 0.661. The number of nitrogens with zero attached hydrogens (tertiary/aromatic N) is 1. The van der Waals surface area contributed by atoms with E-state index in [1.165, 1.54) is 23.1 Å². The van der Waals surface area contributed by atoms with Crippen LogP contribution >= 0.6 is 23.2 Å². The SMILES string of the molecule is CN(Cc1ccccc1)C(=O)COC(=O)c1cc(Cl)cc(Cl)c1. The van der Waals surface area contributed by atoms with E-state index >= 15 is 0 Å².